The first-order chi connectivity index (χ1) is 11.3. The SMILES string of the molecule is Cc1c([Si])cc2c(c1C)c(C)c(C(=O)O)n2Cc1cccc(F)c1. The highest BCUT2D eigenvalue weighted by Crippen LogP contribution is 2.30. The summed E-state index contributed by atoms with van der Waals surface area (Å²) in [5, 5.41) is 11.6. The third kappa shape index (κ3) is 2.55. The molecule has 0 aliphatic carbocycles. The van der Waals surface area contributed by atoms with E-state index in [1.165, 1.54) is 12.1 Å². The van der Waals surface area contributed by atoms with Crippen molar-refractivity contribution in [3.63, 3.8) is 0 Å². The minimum atomic E-state index is -0.979. The highest BCUT2D eigenvalue weighted by molar-refractivity contribution is 6.34. The molecule has 3 aromatic rings. The van der Waals surface area contributed by atoms with Crippen LogP contribution in [0, 0.1) is 26.6 Å². The Morgan fingerprint density at radius 3 is 2.50 bits per heavy atom. The third-order valence-corrected chi connectivity index (χ3v) is 5.12. The summed E-state index contributed by atoms with van der Waals surface area (Å²) < 4.78 is 15.2. The largest absolute Gasteiger partial charge is 0.477 e. The zero-order valence-electron chi connectivity index (χ0n) is 13.8. The minimum absolute atomic E-state index is 0.244. The normalized spacial score (nSPS) is 11.2. The lowest BCUT2D eigenvalue weighted by Gasteiger charge is -2.11. The van der Waals surface area contributed by atoms with Gasteiger partial charge < -0.3 is 9.67 Å². The Hall–Kier alpha value is -2.40. The van der Waals surface area contributed by atoms with Gasteiger partial charge in [0.05, 0.1) is 10.2 Å². The van der Waals surface area contributed by atoms with Gasteiger partial charge in [-0.3, -0.25) is 0 Å². The summed E-state index contributed by atoms with van der Waals surface area (Å²) in [6.45, 7) is 6.12. The molecule has 0 aliphatic heterocycles. The van der Waals surface area contributed by atoms with Gasteiger partial charge in [0.1, 0.15) is 11.5 Å². The number of aromatic carboxylic acids is 1. The average Bonchev–Trinajstić information content (AvgIpc) is 2.77. The number of rotatable bonds is 3. The van der Waals surface area contributed by atoms with Gasteiger partial charge in [-0.1, -0.05) is 17.3 Å². The standard InChI is InChI=1S/C19H17FNO2Si/c1-10-11(2)17-12(3)18(19(22)23)21(15(17)8-16(10)24)9-13-5-4-6-14(20)7-13/h4-8H,9H2,1-3H3,(H,22,23). The molecule has 2 aromatic carbocycles. The molecule has 3 radical (unpaired) electrons. The van der Waals surface area contributed by atoms with E-state index in [-0.39, 0.29) is 11.5 Å². The van der Waals surface area contributed by atoms with Gasteiger partial charge in [-0.05, 0) is 61.2 Å². The highest BCUT2D eigenvalue weighted by Gasteiger charge is 2.22. The van der Waals surface area contributed by atoms with Crippen LogP contribution in [0.1, 0.15) is 32.7 Å². The van der Waals surface area contributed by atoms with Crippen LogP contribution in [-0.2, 0) is 6.54 Å². The van der Waals surface area contributed by atoms with Crippen LogP contribution >= 0.6 is 0 Å². The van der Waals surface area contributed by atoms with Crippen molar-refractivity contribution in [1.29, 1.82) is 0 Å². The number of hydrogen-bond acceptors (Lipinski definition) is 1. The Morgan fingerprint density at radius 1 is 1.17 bits per heavy atom. The van der Waals surface area contributed by atoms with Crippen LogP contribution in [0.25, 0.3) is 10.9 Å². The Balaban J connectivity index is 2.33. The summed E-state index contributed by atoms with van der Waals surface area (Å²) in [6, 6.07) is 8.18. The van der Waals surface area contributed by atoms with Gasteiger partial charge in [-0.25, -0.2) is 9.18 Å². The molecule has 1 heterocycles. The second-order valence-corrected chi connectivity index (χ2v) is 6.60. The summed E-state index contributed by atoms with van der Waals surface area (Å²) in [4.78, 5) is 11.8. The molecular formula is C19H17FNO2Si. The Kier molecular flexibility index (Phi) is 4.05. The average molecular weight is 338 g/mol. The lowest BCUT2D eigenvalue weighted by molar-refractivity contribution is 0.0685. The first-order valence-electron chi connectivity index (χ1n) is 7.63. The first-order valence-corrected chi connectivity index (χ1v) is 8.13. The molecule has 1 N–H and O–H groups in total. The first kappa shape index (κ1) is 16.5. The molecule has 0 fully saturated rings. The topological polar surface area (TPSA) is 42.2 Å². The molecule has 1 aromatic heterocycles. The van der Waals surface area contributed by atoms with Gasteiger partial charge in [-0.15, -0.1) is 0 Å². The van der Waals surface area contributed by atoms with Crippen LogP contribution in [0.2, 0.25) is 0 Å². The van der Waals surface area contributed by atoms with E-state index in [0.717, 1.165) is 38.3 Å². The summed E-state index contributed by atoms with van der Waals surface area (Å²) in [7, 11) is 3.60. The molecule has 0 saturated heterocycles. The number of benzene rings is 2. The Morgan fingerprint density at radius 2 is 1.88 bits per heavy atom. The van der Waals surface area contributed by atoms with Gasteiger partial charge in [0.2, 0.25) is 0 Å². The van der Waals surface area contributed by atoms with Gasteiger partial charge >= 0.3 is 5.97 Å². The molecule has 5 heteroatoms. The van der Waals surface area contributed by atoms with Crippen molar-refractivity contribution in [3.05, 3.63) is 64.1 Å². The molecule has 0 saturated carbocycles. The molecule has 0 unspecified atom stereocenters. The van der Waals surface area contributed by atoms with Crippen molar-refractivity contribution in [3.8, 4) is 0 Å². The monoisotopic (exact) mass is 338 g/mol. The summed E-state index contributed by atoms with van der Waals surface area (Å²) in [5.74, 6) is -1.31. The van der Waals surface area contributed by atoms with Gasteiger partial charge in [0, 0.05) is 17.4 Å². The number of carboxylic acid groups (broad SMARTS) is 1. The lowest BCUT2D eigenvalue weighted by atomic mass is 10.0. The van der Waals surface area contributed by atoms with E-state index in [1.807, 2.05) is 26.8 Å². The predicted octanol–water partition coefficient (Wildman–Crippen LogP) is 3.25. The number of carboxylic acids is 1. The molecule has 0 amide bonds. The van der Waals surface area contributed by atoms with Crippen LogP contribution < -0.4 is 5.19 Å². The van der Waals surface area contributed by atoms with Crippen LogP contribution in [0.5, 0.6) is 0 Å². The number of halogens is 1. The van der Waals surface area contributed by atoms with E-state index >= 15 is 0 Å². The van der Waals surface area contributed by atoms with Crippen molar-refractivity contribution in [2.24, 2.45) is 0 Å². The fourth-order valence-corrected chi connectivity index (χ4v) is 3.61. The number of hydrogen-bond donors (Lipinski definition) is 1. The zero-order valence-corrected chi connectivity index (χ0v) is 14.8. The maximum atomic E-state index is 13.5. The fourth-order valence-electron chi connectivity index (χ4n) is 3.28. The quantitative estimate of drug-likeness (QED) is 0.745. The summed E-state index contributed by atoms with van der Waals surface area (Å²) >= 11 is 0. The van der Waals surface area contributed by atoms with Crippen molar-refractivity contribution < 1.29 is 14.3 Å². The van der Waals surface area contributed by atoms with Gasteiger partial charge in [-0.2, -0.15) is 0 Å². The molecule has 3 nitrogen and oxygen atoms in total. The van der Waals surface area contributed by atoms with Crippen LogP contribution in [0.4, 0.5) is 4.39 Å². The Bertz CT molecular complexity index is 975. The Labute approximate surface area is 143 Å². The predicted molar refractivity (Wildman–Crippen MR) is 94.0 cm³/mol. The van der Waals surface area contributed by atoms with E-state index in [4.69, 9.17) is 0 Å². The molecular weight excluding hydrogens is 321 g/mol. The minimum Gasteiger partial charge on any atom is -0.477 e. The maximum absolute atomic E-state index is 13.5. The molecule has 0 aliphatic rings. The van der Waals surface area contributed by atoms with Crippen LogP contribution in [-0.4, -0.2) is 25.9 Å². The highest BCUT2D eigenvalue weighted by atomic mass is 28.1. The van der Waals surface area contributed by atoms with Crippen molar-refractivity contribution in [2.75, 3.05) is 0 Å². The van der Waals surface area contributed by atoms with E-state index in [1.54, 1.807) is 16.7 Å². The van der Waals surface area contributed by atoms with Crippen molar-refractivity contribution in [1.82, 2.24) is 4.57 Å². The molecule has 0 spiro atoms. The van der Waals surface area contributed by atoms with E-state index in [0.29, 0.717) is 6.54 Å². The van der Waals surface area contributed by atoms with Crippen LogP contribution in [0.3, 0.4) is 0 Å². The lowest BCUT2D eigenvalue weighted by Crippen LogP contribution is -2.13. The summed E-state index contributed by atoms with van der Waals surface area (Å²) in [5.41, 5.74) is 4.68. The van der Waals surface area contributed by atoms with Gasteiger partial charge in [0.25, 0.3) is 0 Å². The number of aryl methyl sites for hydroxylation is 2. The fraction of sp³-hybridized carbons (Fsp3) is 0.211. The number of nitrogens with zero attached hydrogens (tertiary/aromatic N) is 1. The smallest absolute Gasteiger partial charge is 0.352 e. The number of aromatic nitrogens is 1. The third-order valence-electron chi connectivity index (χ3n) is 4.60. The number of fused-ring (bicyclic) bond motifs is 1. The second kappa shape index (κ2) is 5.91. The van der Waals surface area contributed by atoms with E-state index in [9.17, 15) is 14.3 Å². The molecule has 0 bridgehead atoms. The van der Waals surface area contributed by atoms with Crippen molar-refractivity contribution in [2.45, 2.75) is 27.3 Å². The van der Waals surface area contributed by atoms with E-state index < -0.39 is 5.97 Å². The van der Waals surface area contributed by atoms with E-state index in [2.05, 4.69) is 10.2 Å². The van der Waals surface area contributed by atoms with Crippen molar-refractivity contribution >= 4 is 32.3 Å². The van der Waals surface area contributed by atoms with Gasteiger partial charge in [0.15, 0.2) is 0 Å². The zero-order chi connectivity index (χ0) is 17.6. The molecule has 0 atom stereocenters. The molecule has 121 valence electrons. The summed E-state index contributed by atoms with van der Waals surface area (Å²) in [6.07, 6.45) is 0. The molecule has 3 rings (SSSR count). The molecule has 24 heavy (non-hydrogen) atoms. The second-order valence-electron chi connectivity index (χ2n) is 6.06. The maximum Gasteiger partial charge on any atom is 0.352 e. The number of carbonyl (C=O) groups is 1. The van der Waals surface area contributed by atoms with Crippen LogP contribution in [0.15, 0.2) is 30.3 Å².